The van der Waals surface area contributed by atoms with Crippen molar-refractivity contribution in [1.29, 1.82) is 0 Å². The zero-order valence-corrected chi connectivity index (χ0v) is 18.6. The predicted molar refractivity (Wildman–Crippen MR) is 108 cm³/mol. The molecule has 0 radical (unpaired) electrons. The average molecular weight is 446 g/mol. The van der Waals surface area contributed by atoms with E-state index in [9.17, 15) is 9.59 Å². The van der Waals surface area contributed by atoms with Crippen molar-refractivity contribution in [3.8, 4) is 11.5 Å². The van der Waals surface area contributed by atoms with Gasteiger partial charge in [0, 0.05) is 25.9 Å². The normalized spacial score (nSPS) is 21.8. The van der Waals surface area contributed by atoms with Crippen molar-refractivity contribution in [2.24, 2.45) is 5.92 Å². The van der Waals surface area contributed by atoms with Crippen LogP contribution in [0.1, 0.15) is 50.9 Å². The zero-order chi connectivity index (χ0) is 21.6. The van der Waals surface area contributed by atoms with Gasteiger partial charge in [-0.1, -0.05) is 23.2 Å². The molecule has 1 fully saturated rings. The number of nitrogens with zero attached hydrogens (tertiary/aromatic N) is 1. The molecule has 1 aromatic rings. The second-order valence-corrected chi connectivity index (χ2v) is 9.12. The molecule has 0 aliphatic carbocycles. The molecule has 9 heteroatoms. The van der Waals surface area contributed by atoms with E-state index >= 15 is 0 Å². The van der Waals surface area contributed by atoms with Crippen LogP contribution in [0.5, 0.6) is 11.5 Å². The summed E-state index contributed by atoms with van der Waals surface area (Å²) in [6.45, 7) is 8.37. The van der Waals surface area contributed by atoms with E-state index in [-0.39, 0.29) is 33.4 Å². The highest BCUT2D eigenvalue weighted by Gasteiger charge is 2.48. The first-order valence-corrected chi connectivity index (χ1v) is 10.2. The van der Waals surface area contributed by atoms with Crippen LogP contribution in [0.15, 0.2) is 6.07 Å². The van der Waals surface area contributed by atoms with Gasteiger partial charge in [0.05, 0.1) is 17.7 Å². The SMILES string of the molecule is COC(=O)c1cc(Cl)c2c(c1Cl)OC(C)(C1CCN(C(=O)OC(C)(C)C)CC1)O2. The lowest BCUT2D eigenvalue weighted by atomic mass is 9.89. The Kier molecular flexibility index (Phi) is 5.84. The van der Waals surface area contributed by atoms with E-state index in [1.807, 2.05) is 27.7 Å². The number of methoxy groups -OCH3 is 1. The minimum atomic E-state index is -1.01. The van der Waals surface area contributed by atoms with E-state index in [0.717, 1.165) is 0 Å². The Labute approximate surface area is 180 Å². The second-order valence-electron chi connectivity index (χ2n) is 8.33. The highest BCUT2D eigenvalue weighted by molar-refractivity contribution is 6.38. The molecule has 1 atom stereocenters. The van der Waals surface area contributed by atoms with Crippen molar-refractivity contribution >= 4 is 35.3 Å². The smallest absolute Gasteiger partial charge is 0.410 e. The molecular formula is C20H25Cl2NO6. The summed E-state index contributed by atoms with van der Waals surface area (Å²) in [5.41, 5.74) is -0.421. The number of carbonyl (C=O) groups is 2. The summed E-state index contributed by atoms with van der Waals surface area (Å²) >= 11 is 12.7. The van der Waals surface area contributed by atoms with Crippen LogP contribution in [0, 0.1) is 5.92 Å². The Morgan fingerprint density at radius 1 is 1.17 bits per heavy atom. The fourth-order valence-corrected chi connectivity index (χ4v) is 4.03. The van der Waals surface area contributed by atoms with Gasteiger partial charge in [-0.3, -0.25) is 0 Å². The van der Waals surface area contributed by atoms with E-state index in [1.54, 1.807) is 4.90 Å². The number of hydrogen-bond donors (Lipinski definition) is 0. The van der Waals surface area contributed by atoms with Crippen molar-refractivity contribution in [1.82, 2.24) is 4.90 Å². The third-order valence-electron chi connectivity index (χ3n) is 5.03. The number of halogens is 2. The van der Waals surface area contributed by atoms with Gasteiger partial charge in [-0.05, 0) is 39.7 Å². The van der Waals surface area contributed by atoms with Crippen molar-refractivity contribution in [2.75, 3.05) is 20.2 Å². The summed E-state index contributed by atoms with van der Waals surface area (Å²) in [5, 5.41) is 0.325. The Hall–Kier alpha value is -1.86. The van der Waals surface area contributed by atoms with Gasteiger partial charge in [0.25, 0.3) is 5.79 Å². The fraction of sp³-hybridized carbons (Fsp3) is 0.600. The van der Waals surface area contributed by atoms with E-state index in [1.165, 1.54) is 13.2 Å². The second kappa shape index (κ2) is 7.76. The number of likely N-dealkylation sites (tertiary alicyclic amines) is 1. The lowest BCUT2D eigenvalue weighted by molar-refractivity contribution is -0.124. The Bertz CT molecular complexity index is 829. The number of rotatable bonds is 2. The molecule has 0 bridgehead atoms. The summed E-state index contributed by atoms with van der Waals surface area (Å²) in [7, 11) is 1.26. The number of amides is 1. The van der Waals surface area contributed by atoms with Crippen LogP contribution < -0.4 is 9.47 Å². The summed E-state index contributed by atoms with van der Waals surface area (Å²) in [6, 6.07) is 1.41. The van der Waals surface area contributed by atoms with E-state index < -0.39 is 17.4 Å². The Morgan fingerprint density at radius 2 is 1.76 bits per heavy atom. The molecule has 1 amide bonds. The third-order valence-corrected chi connectivity index (χ3v) is 5.69. The van der Waals surface area contributed by atoms with Crippen LogP contribution in [-0.2, 0) is 9.47 Å². The quantitative estimate of drug-likeness (QED) is 0.601. The van der Waals surface area contributed by atoms with Crippen LogP contribution in [0.3, 0.4) is 0 Å². The first-order chi connectivity index (χ1) is 13.4. The first kappa shape index (κ1) is 21.8. The van der Waals surface area contributed by atoms with Gasteiger partial charge in [0.2, 0.25) is 0 Å². The van der Waals surface area contributed by atoms with Crippen molar-refractivity contribution < 1.29 is 28.5 Å². The maximum Gasteiger partial charge on any atom is 0.410 e. The van der Waals surface area contributed by atoms with Gasteiger partial charge in [0.15, 0.2) is 11.5 Å². The number of benzene rings is 1. The average Bonchev–Trinajstić information content (AvgIpc) is 3.03. The number of fused-ring (bicyclic) bond motifs is 1. The van der Waals surface area contributed by atoms with Gasteiger partial charge >= 0.3 is 12.1 Å². The largest absolute Gasteiger partial charge is 0.465 e. The van der Waals surface area contributed by atoms with Gasteiger partial charge in [0.1, 0.15) is 10.6 Å². The number of piperidine rings is 1. The van der Waals surface area contributed by atoms with Crippen LogP contribution in [-0.4, -0.2) is 48.5 Å². The predicted octanol–water partition coefficient (Wildman–Crippen LogP) is 4.91. The topological polar surface area (TPSA) is 74.3 Å². The monoisotopic (exact) mass is 445 g/mol. The van der Waals surface area contributed by atoms with E-state index in [4.69, 9.17) is 42.1 Å². The van der Waals surface area contributed by atoms with E-state index in [2.05, 4.69) is 0 Å². The molecule has 3 rings (SSSR count). The summed E-state index contributed by atoms with van der Waals surface area (Å²) in [4.78, 5) is 25.9. The lowest BCUT2D eigenvalue weighted by Crippen LogP contribution is -2.50. The number of ether oxygens (including phenoxy) is 4. The highest BCUT2D eigenvalue weighted by atomic mass is 35.5. The molecule has 29 heavy (non-hydrogen) atoms. The molecule has 7 nitrogen and oxygen atoms in total. The summed E-state index contributed by atoms with van der Waals surface area (Å²) in [5.74, 6) is -1.09. The van der Waals surface area contributed by atoms with Gasteiger partial charge in [-0.2, -0.15) is 0 Å². The van der Waals surface area contributed by atoms with Crippen molar-refractivity contribution in [3.05, 3.63) is 21.7 Å². The maximum absolute atomic E-state index is 12.3. The highest BCUT2D eigenvalue weighted by Crippen LogP contribution is 2.52. The lowest BCUT2D eigenvalue weighted by Gasteiger charge is -2.39. The molecule has 0 aromatic heterocycles. The van der Waals surface area contributed by atoms with Crippen LogP contribution >= 0.6 is 23.2 Å². The number of esters is 1. The first-order valence-electron chi connectivity index (χ1n) is 9.41. The van der Waals surface area contributed by atoms with Crippen LogP contribution in [0.4, 0.5) is 4.79 Å². The number of hydrogen-bond acceptors (Lipinski definition) is 6. The fourth-order valence-electron chi connectivity index (χ4n) is 3.54. The zero-order valence-electron chi connectivity index (χ0n) is 17.1. The molecular weight excluding hydrogens is 421 g/mol. The Balaban J connectivity index is 1.73. The van der Waals surface area contributed by atoms with E-state index in [0.29, 0.717) is 31.7 Å². The molecule has 1 aromatic carbocycles. The molecule has 0 spiro atoms. The molecule has 1 unspecified atom stereocenters. The van der Waals surface area contributed by atoms with Crippen molar-refractivity contribution in [2.45, 2.75) is 51.9 Å². The van der Waals surface area contributed by atoms with Gasteiger partial charge in [-0.25, -0.2) is 9.59 Å². The molecule has 2 aliphatic heterocycles. The summed E-state index contributed by atoms with van der Waals surface area (Å²) < 4.78 is 22.3. The molecule has 0 saturated carbocycles. The minimum absolute atomic E-state index is 0.0118. The van der Waals surface area contributed by atoms with Crippen LogP contribution in [0.2, 0.25) is 10.0 Å². The minimum Gasteiger partial charge on any atom is -0.465 e. The van der Waals surface area contributed by atoms with Gasteiger partial charge < -0.3 is 23.8 Å². The molecule has 1 saturated heterocycles. The number of carbonyl (C=O) groups excluding carboxylic acids is 2. The third kappa shape index (κ3) is 4.36. The van der Waals surface area contributed by atoms with Crippen molar-refractivity contribution in [3.63, 3.8) is 0 Å². The van der Waals surface area contributed by atoms with Gasteiger partial charge in [-0.15, -0.1) is 0 Å². The van der Waals surface area contributed by atoms with Crippen LogP contribution in [0.25, 0.3) is 0 Å². The molecule has 160 valence electrons. The summed E-state index contributed by atoms with van der Waals surface area (Å²) in [6.07, 6.45) is 0.984. The molecule has 2 heterocycles. The Morgan fingerprint density at radius 3 is 2.31 bits per heavy atom. The maximum atomic E-state index is 12.3. The molecule has 2 aliphatic rings. The standard InChI is InChI=1S/C20H25Cl2NO6/c1-19(2,3)29-18(25)23-8-6-11(7-9-23)20(4)27-15-13(21)10-12(17(24)26-5)14(22)16(15)28-20/h10-11H,6-9H2,1-5H3. The molecule has 0 N–H and O–H groups in total.